The first-order chi connectivity index (χ1) is 22.7. The van der Waals surface area contributed by atoms with Gasteiger partial charge in [0.05, 0.1) is 33.1 Å². The van der Waals surface area contributed by atoms with E-state index < -0.39 is 23.8 Å². The first-order valence-electron chi connectivity index (χ1n) is 16.5. The smallest absolute Gasteiger partial charge is 0.410 e. The molecule has 0 unspecified atom stereocenters. The second-order valence-corrected chi connectivity index (χ2v) is 13.4. The van der Waals surface area contributed by atoms with E-state index in [1.54, 1.807) is 36.2 Å². The van der Waals surface area contributed by atoms with E-state index in [0.29, 0.717) is 73.8 Å². The molecule has 0 bridgehead atoms. The molecular weight excluding hydrogens is 616 g/mol. The zero-order valence-electron chi connectivity index (χ0n) is 29.7. The van der Waals surface area contributed by atoms with E-state index in [1.165, 1.54) is 14.0 Å². The van der Waals surface area contributed by atoms with E-state index in [2.05, 4.69) is 10.6 Å². The van der Waals surface area contributed by atoms with E-state index in [0.717, 1.165) is 11.1 Å². The number of nitrogens with zero attached hydrogens (tertiary/aromatic N) is 2. The number of aryl methyl sites for hydroxylation is 1. The van der Waals surface area contributed by atoms with E-state index in [9.17, 15) is 19.2 Å². The Kier molecular flexibility index (Phi) is 11.5. The Morgan fingerprint density at radius 1 is 0.958 bits per heavy atom. The lowest BCUT2D eigenvalue weighted by atomic mass is 9.95. The van der Waals surface area contributed by atoms with Gasteiger partial charge < -0.3 is 39.4 Å². The molecule has 1 fully saturated rings. The van der Waals surface area contributed by atoms with Crippen LogP contribution in [0.2, 0.25) is 0 Å². The highest BCUT2D eigenvalue weighted by Gasteiger charge is 2.34. The third-order valence-corrected chi connectivity index (χ3v) is 8.95. The lowest BCUT2D eigenvalue weighted by Gasteiger charge is -2.38. The van der Waals surface area contributed by atoms with Crippen molar-refractivity contribution < 1.29 is 33.3 Å². The van der Waals surface area contributed by atoms with Crippen LogP contribution in [-0.4, -0.2) is 86.9 Å². The van der Waals surface area contributed by atoms with Crippen LogP contribution >= 0.6 is 0 Å². The number of hydrogen-bond donors (Lipinski definition) is 2. The summed E-state index contributed by atoms with van der Waals surface area (Å²) < 4.78 is 22.7. The number of benzene rings is 1. The second-order valence-electron chi connectivity index (χ2n) is 13.4. The highest BCUT2D eigenvalue weighted by molar-refractivity contribution is 5.86. The number of methoxy groups -OCH3 is 3. The van der Waals surface area contributed by atoms with Crippen molar-refractivity contribution in [2.75, 3.05) is 52.8 Å². The van der Waals surface area contributed by atoms with Crippen LogP contribution in [0, 0.1) is 5.92 Å². The van der Waals surface area contributed by atoms with Gasteiger partial charge in [0, 0.05) is 38.7 Å². The number of nitrogens with one attached hydrogen (secondary N) is 2. The fraction of sp³-hybridized carbons (Fsp3) is 0.556. The van der Waals surface area contributed by atoms with Gasteiger partial charge in [0.25, 0.3) is 0 Å². The Bertz CT molecular complexity index is 1580. The molecule has 0 radical (unpaired) electrons. The SMILES string of the molecule is CC[C@@H](C)[C@H](Nc1ccc2c(cc1=O)[C@@H](NC(C)=O)CCc1cc(OC)c(OC)c(OC)c1-2)C(=O)N1CCN(C(=O)OC(C)(C)C)CC1. The minimum absolute atomic E-state index is 0.103. The molecule has 3 amide bonds. The first-order valence-corrected chi connectivity index (χ1v) is 16.5. The zero-order valence-corrected chi connectivity index (χ0v) is 29.7. The summed E-state index contributed by atoms with van der Waals surface area (Å²) in [7, 11) is 4.65. The Morgan fingerprint density at radius 3 is 2.17 bits per heavy atom. The van der Waals surface area contributed by atoms with Crippen LogP contribution in [0.4, 0.5) is 10.5 Å². The van der Waals surface area contributed by atoms with Crippen molar-refractivity contribution in [3.63, 3.8) is 0 Å². The summed E-state index contributed by atoms with van der Waals surface area (Å²) in [6, 6.07) is 5.84. The number of carbonyl (C=O) groups is 3. The first kappa shape index (κ1) is 36.4. The fourth-order valence-corrected chi connectivity index (χ4v) is 6.31. The molecule has 2 aromatic rings. The third kappa shape index (κ3) is 7.96. The van der Waals surface area contributed by atoms with Crippen LogP contribution in [-0.2, 0) is 20.7 Å². The molecule has 12 heteroatoms. The van der Waals surface area contributed by atoms with E-state index in [4.69, 9.17) is 18.9 Å². The van der Waals surface area contributed by atoms with E-state index >= 15 is 0 Å². The van der Waals surface area contributed by atoms with Gasteiger partial charge in [-0.2, -0.15) is 0 Å². The normalized spacial score (nSPS) is 17.1. The monoisotopic (exact) mass is 666 g/mol. The predicted octanol–water partition coefficient (Wildman–Crippen LogP) is 4.77. The average Bonchev–Trinajstić information content (AvgIpc) is 3.29. The third-order valence-electron chi connectivity index (χ3n) is 8.95. The van der Waals surface area contributed by atoms with Gasteiger partial charge in [-0.05, 0) is 74.4 Å². The second kappa shape index (κ2) is 15.2. The maximum Gasteiger partial charge on any atom is 0.410 e. The van der Waals surface area contributed by atoms with Crippen molar-refractivity contribution in [2.24, 2.45) is 5.92 Å². The van der Waals surface area contributed by atoms with Gasteiger partial charge in [-0.3, -0.25) is 14.4 Å². The summed E-state index contributed by atoms with van der Waals surface area (Å²) in [5.74, 6) is 0.939. The van der Waals surface area contributed by atoms with Gasteiger partial charge in [-0.1, -0.05) is 26.3 Å². The highest BCUT2D eigenvalue weighted by atomic mass is 16.6. The molecule has 2 N–H and O–H groups in total. The van der Waals surface area contributed by atoms with Crippen molar-refractivity contribution in [3.8, 4) is 28.4 Å². The molecule has 0 aromatic heterocycles. The van der Waals surface area contributed by atoms with E-state index in [1.807, 2.05) is 46.8 Å². The van der Waals surface area contributed by atoms with Crippen molar-refractivity contribution in [1.82, 2.24) is 15.1 Å². The van der Waals surface area contributed by atoms with Crippen molar-refractivity contribution in [1.29, 1.82) is 0 Å². The van der Waals surface area contributed by atoms with Crippen LogP contribution in [0.1, 0.15) is 71.6 Å². The molecule has 1 aliphatic carbocycles. The molecule has 2 aliphatic rings. The topological polar surface area (TPSA) is 136 Å². The molecule has 2 aromatic carbocycles. The molecule has 1 aliphatic heterocycles. The molecule has 3 atom stereocenters. The zero-order chi connectivity index (χ0) is 35.3. The number of rotatable bonds is 9. The van der Waals surface area contributed by atoms with Crippen LogP contribution in [0.15, 0.2) is 29.1 Å². The fourth-order valence-electron chi connectivity index (χ4n) is 6.31. The quantitative estimate of drug-likeness (QED) is 0.388. The summed E-state index contributed by atoms with van der Waals surface area (Å²) in [5.41, 5.74) is 2.35. The highest BCUT2D eigenvalue weighted by Crippen LogP contribution is 2.50. The number of anilines is 1. The van der Waals surface area contributed by atoms with Gasteiger partial charge in [-0.15, -0.1) is 0 Å². The maximum absolute atomic E-state index is 14.0. The number of fused-ring (bicyclic) bond motifs is 3. The van der Waals surface area contributed by atoms with Gasteiger partial charge in [0.2, 0.25) is 23.0 Å². The standard InChI is InChI=1S/C36H50N4O8/c1-10-21(2)31(34(43)39-15-17-40(18-16-39)35(44)48-36(4,5)6)38-27-14-12-24-25(20-28(27)42)26(37-22(3)41)13-11-23-19-29(45-7)32(46-8)33(47-9)30(23)24/h12,14,19-21,26,31H,10-11,13,15-18H2,1-9H3,(H,37,41)(H,38,42)/t21-,26+,31+/m1/s1. The number of carbonyl (C=O) groups excluding carboxylic acids is 3. The minimum atomic E-state index is -0.685. The number of amides is 3. The molecule has 1 heterocycles. The summed E-state index contributed by atoms with van der Waals surface area (Å²) >= 11 is 0. The van der Waals surface area contributed by atoms with Crippen molar-refractivity contribution in [3.05, 3.63) is 45.6 Å². The minimum Gasteiger partial charge on any atom is -0.493 e. The average molecular weight is 667 g/mol. The Hall–Kier alpha value is -4.48. The van der Waals surface area contributed by atoms with Crippen molar-refractivity contribution in [2.45, 2.75) is 78.5 Å². The Balaban J connectivity index is 1.73. The van der Waals surface area contributed by atoms with Gasteiger partial charge in [-0.25, -0.2) is 4.79 Å². The Morgan fingerprint density at radius 2 is 1.60 bits per heavy atom. The Labute approximate surface area is 283 Å². The van der Waals surface area contributed by atoms with Crippen molar-refractivity contribution >= 4 is 23.6 Å². The maximum atomic E-state index is 14.0. The summed E-state index contributed by atoms with van der Waals surface area (Å²) in [6.07, 6.45) is 1.42. The predicted molar refractivity (Wildman–Crippen MR) is 184 cm³/mol. The van der Waals surface area contributed by atoms with Crippen LogP contribution in [0.3, 0.4) is 0 Å². The lowest BCUT2D eigenvalue weighted by Crippen LogP contribution is -2.55. The molecule has 12 nitrogen and oxygen atoms in total. The summed E-state index contributed by atoms with van der Waals surface area (Å²) in [5, 5.41) is 6.32. The van der Waals surface area contributed by atoms with Crippen LogP contribution < -0.4 is 30.3 Å². The summed E-state index contributed by atoms with van der Waals surface area (Å²) in [6.45, 7) is 12.3. The molecular formula is C36H50N4O8. The van der Waals surface area contributed by atoms with E-state index in [-0.39, 0.29) is 28.8 Å². The van der Waals surface area contributed by atoms with Gasteiger partial charge in [0.1, 0.15) is 11.6 Å². The number of piperazine rings is 1. The summed E-state index contributed by atoms with van der Waals surface area (Å²) in [4.78, 5) is 56.2. The number of ether oxygens (including phenoxy) is 4. The number of hydrogen-bond acceptors (Lipinski definition) is 9. The molecule has 48 heavy (non-hydrogen) atoms. The molecule has 262 valence electrons. The molecule has 1 saturated heterocycles. The molecule has 0 saturated carbocycles. The molecule has 0 spiro atoms. The lowest BCUT2D eigenvalue weighted by molar-refractivity contribution is -0.134. The molecule has 4 rings (SSSR count). The van der Waals surface area contributed by atoms with Gasteiger partial charge in [0.15, 0.2) is 11.5 Å². The largest absolute Gasteiger partial charge is 0.493 e. The van der Waals surface area contributed by atoms with Crippen LogP contribution in [0.25, 0.3) is 11.1 Å². The van der Waals surface area contributed by atoms with Crippen LogP contribution in [0.5, 0.6) is 17.2 Å². The van der Waals surface area contributed by atoms with Gasteiger partial charge >= 0.3 is 6.09 Å².